The van der Waals surface area contributed by atoms with Gasteiger partial charge in [0.2, 0.25) is 0 Å². The lowest BCUT2D eigenvalue weighted by Gasteiger charge is -2.07. The molecule has 0 aromatic heterocycles. The van der Waals surface area contributed by atoms with Gasteiger partial charge >= 0.3 is 0 Å². The fourth-order valence-electron chi connectivity index (χ4n) is 1.68. The van der Waals surface area contributed by atoms with Crippen LogP contribution < -0.4 is 0 Å². The van der Waals surface area contributed by atoms with Gasteiger partial charge in [0, 0.05) is 16.2 Å². The largest absolute Gasteiger partial charge is 0.194 e. The number of thiocarbonyl (C=S) groups is 1. The lowest BCUT2D eigenvalue weighted by atomic mass is 10.0. The lowest BCUT2D eigenvalue weighted by molar-refractivity contribution is 1.45. The summed E-state index contributed by atoms with van der Waals surface area (Å²) in [5, 5.41) is 6.03. The summed E-state index contributed by atoms with van der Waals surface area (Å²) in [6.45, 7) is 0. The van der Waals surface area contributed by atoms with Crippen molar-refractivity contribution < 1.29 is 0 Å². The van der Waals surface area contributed by atoms with Gasteiger partial charge in [-0.15, -0.1) is 0 Å². The van der Waals surface area contributed by atoms with Crippen molar-refractivity contribution in [3.05, 3.63) is 59.0 Å². The summed E-state index contributed by atoms with van der Waals surface area (Å²) in [5.74, 6) is 0. The van der Waals surface area contributed by atoms with Crippen LogP contribution in [0.5, 0.6) is 0 Å². The molecular formula is C13H8N4S. The summed E-state index contributed by atoms with van der Waals surface area (Å²) in [4.78, 5) is 6.84. The fourth-order valence-corrected chi connectivity index (χ4v) is 1.78. The van der Waals surface area contributed by atoms with E-state index in [4.69, 9.17) is 5.53 Å². The SMILES string of the molecule is [N-]=[N+]=Nc1ccccc1-c1ccccc1N=C=S. The van der Waals surface area contributed by atoms with Gasteiger partial charge in [0.05, 0.1) is 10.8 Å². The fraction of sp³-hybridized carbons (Fsp3) is 0. The molecule has 0 spiro atoms. The molecule has 0 aliphatic rings. The molecule has 4 nitrogen and oxygen atoms in total. The molecule has 2 rings (SSSR count). The van der Waals surface area contributed by atoms with Crippen molar-refractivity contribution in [2.24, 2.45) is 10.1 Å². The second-order valence-electron chi connectivity index (χ2n) is 3.43. The highest BCUT2D eigenvalue weighted by Crippen LogP contribution is 2.36. The quantitative estimate of drug-likeness (QED) is 0.248. The Morgan fingerprint density at radius 2 is 1.50 bits per heavy atom. The minimum atomic E-state index is 0.562. The number of nitrogens with zero attached hydrogens (tertiary/aromatic N) is 4. The highest BCUT2D eigenvalue weighted by atomic mass is 32.1. The molecular weight excluding hydrogens is 244 g/mol. The van der Waals surface area contributed by atoms with Crippen LogP contribution in [0.1, 0.15) is 0 Å². The molecule has 0 unspecified atom stereocenters. The van der Waals surface area contributed by atoms with Crippen LogP contribution in [0.3, 0.4) is 0 Å². The Labute approximate surface area is 109 Å². The molecule has 0 N–H and O–H groups in total. The highest BCUT2D eigenvalue weighted by Gasteiger charge is 2.06. The number of aliphatic imine (C=N–C) groups is 1. The van der Waals surface area contributed by atoms with Crippen molar-refractivity contribution in [2.45, 2.75) is 0 Å². The summed E-state index contributed by atoms with van der Waals surface area (Å²) < 4.78 is 0. The third-order valence-electron chi connectivity index (χ3n) is 2.42. The number of isothiocyanates is 1. The van der Waals surface area contributed by atoms with Crippen molar-refractivity contribution in [3.8, 4) is 11.1 Å². The van der Waals surface area contributed by atoms with E-state index in [0.717, 1.165) is 11.1 Å². The van der Waals surface area contributed by atoms with Gasteiger partial charge in [0.15, 0.2) is 0 Å². The van der Waals surface area contributed by atoms with Crippen LogP contribution in [0.2, 0.25) is 0 Å². The van der Waals surface area contributed by atoms with Crippen LogP contribution >= 0.6 is 12.2 Å². The average Bonchev–Trinajstić information content (AvgIpc) is 2.41. The van der Waals surface area contributed by atoms with E-state index in [1.54, 1.807) is 6.07 Å². The van der Waals surface area contributed by atoms with Crippen LogP contribution in [-0.4, -0.2) is 5.16 Å². The van der Waals surface area contributed by atoms with E-state index in [-0.39, 0.29) is 0 Å². The average molecular weight is 252 g/mol. The van der Waals surface area contributed by atoms with Crippen molar-refractivity contribution >= 4 is 28.8 Å². The molecule has 0 aliphatic carbocycles. The first kappa shape index (κ1) is 12.0. The summed E-state index contributed by atoms with van der Waals surface area (Å²) in [6.07, 6.45) is 0. The molecule has 0 amide bonds. The smallest absolute Gasteiger partial charge is 0.0817 e. The standard InChI is InChI=1S/C13H8N4S/c14-17-16-13-8-4-2-6-11(13)10-5-1-3-7-12(10)15-9-18/h1-8H. The third kappa shape index (κ3) is 2.44. The van der Waals surface area contributed by atoms with Gasteiger partial charge in [-0.05, 0) is 29.4 Å². The molecule has 2 aromatic carbocycles. The zero-order valence-electron chi connectivity index (χ0n) is 9.32. The first-order valence-electron chi connectivity index (χ1n) is 5.18. The van der Waals surface area contributed by atoms with E-state index in [2.05, 4.69) is 32.4 Å². The summed E-state index contributed by atoms with van der Waals surface area (Å²) >= 11 is 4.63. The van der Waals surface area contributed by atoms with Gasteiger partial charge in [0.1, 0.15) is 0 Å². The Morgan fingerprint density at radius 1 is 0.944 bits per heavy atom. The van der Waals surface area contributed by atoms with Crippen LogP contribution in [0.4, 0.5) is 11.4 Å². The number of rotatable bonds is 3. The Balaban J connectivity index is 2.69. The number of hydrogen-bond acceptors (Lipinski definition) is 3. The zero-order chi connectivity index (χ0) is 12.8. The van der Waals surface area contributed by atoms with Crippen LogP contribution in [0.15, 0.2) is 58.6 Å². The highest BCUT2D eigenvalue weighted by molar-refractivity contribution is 7.78. The maximum Gasteiger partial charge on any atom is 0.0817 e. The Bertz CT molecular complexity index is 609. The molecule has 0 bridgehead atoms. The van der Waals surface area contributed by atoms with E-state index in [1.165, 1.54) is 0 Å². The van der Waals surface area contributed by atoms with E-state index in [1.807, 2.05) is 42.5 Å². The maximum atomic E-state index is 8.57. The summed E-state index contributed by atoms with van der Waals surface area (Å²) in [7, 11) is 0. The normalized spacial score (nSPS) is 9.11. The first-order chi connectivity index (χ1) is 8.86. The molecule has 0 radical (unpaired) electrons. The Morgan fingerprint density at radius 3 is 2.11 bits per heavy atom. The monoisotopic (exact) mass is 252 g/mol. The van der Waals surface area contributed by atoms with Crippen molar-refractivity contribution in [1.82, 2.24) is 0 Å². The summed E-state index contributed by atoms with van der Waals surface area (Å²) in [6, 6.07) is 14.8. The number of benzene rings is 2. The predicted molar refractivity (Wildman–Crippen MR) is 75.4 cm³/mol. The third-order valence-corrected chi connectivity index (χ3v) is 2.51. The van der Waals surface area contributed by atoms with E-state index in [9.17, 15) is 0 Å². The zero-order valence-corrected chi connectivity index (χ0v) is 10.1. The van der Waals surface area contributed by atoms with Crippen molar-refractivity contribution in [3.63, 3.8) is 0 Å². The van der Waals surface area contributed by atoms with Crippen LogP contribution in [-0.2, 0) is 0 Å². The topological polar surface area (TPSA) is 61.1 Å². The number of para-hydroxylation sites is 1. The minimum absolute atomic E-state index is 0.562. The molecule has 0 fully saturated rings. The van der Waals surface area contributed by atoms with E-state index < -0.39 is 0 Å². The van der Waals surface area contributed by atoms with E-state index >= 15 is 0 Å². The number of azide groups is 1. The molecule has 5 heteroatoms. The molecule has 0 saturated carbocycles. The molecule has 18 heavy (non-hydrogen) atoms. The molecule has 86 valence electrons. The van der Waals surface area contributed by atoms with Gasteiger partial charge in [-0.3, -0.25) is 0 Å². The first-order valence-corrected chi connectivity index (χ1v) is 5.59. The second kappa shape index (κ2) is 5.75. The lowest BCUT2D eigenvalue weighted by Crippen LogP contribution is -1.79. The van der Waals surface area contributed by atoms with Gasteiger partial charge < -0.3 is 0 Å². The Kier molecular flexibility index (Phi) is 3.84. The van der Waals surface area contributed by atoms with Crippen LogP contribution in [0.25, 0.3) is 21.6 Å². The molecule has 0 atom stereocenters. The molecule has 0 heterocycles. The second-order valence-corrected chi connectivity index (χ2v) is 3.61. The van der Waals surface area contributed by atoms with Gasteiger partial charge in [-0.1, -0.05) is 47.6 Å². The predicted octanol–water partition coefficient (Wildman–Crippen LogP) is 5.03. The molecule has 2 aromatic rings. The molecule has 0 aliphatic heterocycles. The number of hydrogen-bond donors (Lipinski definition) is 0. The molecule has 0 saturated heterocycles. The van der Waals surface area contributed by atoms with Gasteiger partial charge in [-0.2, -0.15) is 4.99 Å². The van der Waals surface area contributed by atoms with Gasteiger partial charge in [-0.25, -0.2) is 0 Å². The van der Waals surface area contributed by atoms with Gasteiger partial charge in [0.25, 0.3) is 0 Å². The van der Waals surface area contributed by atoms with E-state index in [0.29, 0.717) is 11.4 Å². The summed E-state index contributed by atoms with van der Waals surface area (Å²) in [5.41, 5.74) is 11.5. The maximum absolute atomic E-state index is 8.57. The van der Waals surface area contributed by atoms with Crippen LogP contribution in [0, 0.1) is 0 Å². The van der Waals surface area contributed by atoms with Crippen molar-refractivity contribution in [1.29, 1.82) is 0 Å². The Hall–Kier alpha value is -2.45. The van der Waals surface area contributed by atoms with Crippen molar-refractivity contribution in [2.75, 3.05) is 0 Å². The minimum Gasteiger partial charge on any atom is -0.194 e.